The van der Waals surface area contributed by atoms with Crippen LogP contribution < -0.4 is 14.8 Å². The molecule has 3 aromatic rings. The van der Waals surface area contributed by atoms with Crippen molar-refractivity contribution in [3.8, 4) is 11.5 Å². The summed E-state index contributed by atoms with van der Waals surface area (Å²) >= 11 is 8.14. The summed E-state index contributed by atoms with van der Waals surface area (Å²) in [6, 6.07) is 17.7. The number of hydrogen-bond acceptors (Lipinski definition) is 5. The Bertz CT molecular complexity index is 995. The highest BCUT2D eigenvalue weighted by atomic mass is 127. The van der Waals surface area contributed by atoms with E-state index in [0.29, 0.717) is 29.7 Å². The fraction of sp³-hybridized carbons (Fsp3) is 0.143. The van der Waals surface area contributed by atoms with Gasteiger partial charge in [0, 0.05) is 29.4 Å². The molecule has 150 valence electrons. The fourth-order valence-corrected chi connectivity index (χ4v) is 3.60. The van der Waals surface area contributed by atoms with Gasteiger partial charge in [0.25, 0.3) is 5.69 Å². The van der Waals surface area contributed by atoms with Crippen LogP contribution in [0.15, 0.2) is 60.7 Å². The molecule has 0 aliphatic rings. The molecule has 29 heavy (non-hydrogen) atoms. The number of hydrogen-bond donors (Lipinski definition) is 1. The molecular weight excluding hydrogens is 507 g/mol. The van der Waals surface area contributed by atoms with Gasteiger partial charge in [0.15, 0.2) is 11.5 Å². The lowest BCUT2D eigenvalue weighted by atomic mass is 10.2. The molecule has 0 unspecified atom stereocenters. The highest BCUT2D eigenvalue weighted by molar-refractivity contribution is 14.1. The lowest BCUT2D eigenvalue weighted by molar-refractivity contribution is -0.384. The molecule has 0 heterocycles. The Morgan fingerprint density at radius 3 is 2.38 bits per heavy atom. The Morgan fingerprint density at radius 2 is 1.76 bits per heavy atom. The molecule has 0 saturated carbocycles. The molecule has 0 radical (unpaired) electrons. The maximum atomic E-state index is 10.7. The van der Waals surface area contributed by atoms with E-state index in [4.69, 9.17) is 21.1 Å². The quantitative estimate of drug-likeness (QED) is 0.221. The predicted molar refractivity (Wildman–Crippen MR) is 122 cm³/mol. The van der Waals surface area contributed by atoms with Gasteiger partial charge in [-0.05, 0) is 70.1 Å². The number of nitrogens with one attached hydrogen (secondary N) is 1. The Morgan fingerprint density at radius 1 is 1.07 bits per heavy atom. The summed E-state index contributed by atoms with van der Waals surface area (Å²) in [7, 11) is 1.61. The van der Waals surface area contributed by atoms with Crippen LogP contribution in [0.2, 0.25) is 5.02 Å². The van der Waals surface area contributed by atoms with E-state index in [9.17, 15) is 10.1 Å². The third-order valence-corrected chi connectivity index (χ3v) is 5.21. The standard InChI is InChI=1S/C21H18ClIN2O4/c1-28-20-11-15(12-24-17-6-8-18(9-7-17)25(26)27)10-19(23)21(20)29-13-14-2-4-16(22)5-3-14/h2-11,24H,12-13H2,1H3. The number of ether oxygens (including phenoxy) is 2. The second-order valence-electron chi connectivity index (χ2n) is 6.18. The summed E-state index contributed by atoms with van der Waals surface area (Å²) in [6.07, 6.45) is 0. The maximum Gasteiger partial charge on any atom is 0.269 e. The van der Waals surface area contributed by atoms with Crippen molar-refractivity contribution >= 4 is 45.6 Å². The summed E-state index contributed by atoms with van der Waals surface area (Å²) in [5.74, 6) is 1.33. The number of anilines is 1. The van der Waals surface area contributed by atoms with Gasteiger partial charge in [-0.15, -0.1) is 0 Å². The first-order valence-corrected chi connectivity index (χ1v) is 10.1. The number of non-ortho nitro benzene ring substituents is 1. The molecule has 0 atom stereocenters. The molecule has 0 aliphatic heterocycles. The third-order valence-electron chi connectivity index (χ3n) is 4.16. The van der Waals surface area contributed by atoms with Crippen LogP contribution in [0.25, 0.3) is 0 Å². The van der Waals surface area contributed by atoms with Gasteiger partial charge in [-0.1, -0.05) is 23.7 Å². The first kappa shape index (κ1) is 21.2. The van der Waals surface area contributed by atoms with Gasteiger partial charge in [-0.2, -0.15) is 0 Å². The minimum Gasteiger partial charge on any atom is -0.493 e. The van der Waals surface area contributed by atoms with Crippen LogP contribution in [0, 0.1) is 13.7 Å². The van der Waals surface area contributed by atoms with Crippen molar-refractivity contribution in [2.75, 3.05) is 12.4 Å². The van der Waals surface area contributed by atoms with Crippen molar-refractivity contribution in [1.29, 1.82) is 0 Å². The zero-order chi connectivity index (χ0) is 20.8. The van der Waals surface area contributed by atoms with Crippen molar-refractivity contribution < 1.29 is 14.4 Å². The molecule has 3 rings (SSSR count). The average Bonchev–Trinajstić information content (AvgIpc) is 2.72. The zero-order valence-corrected chi connectivity index (χ0v) is 18.4. The Balaban J connectivity index is 1.68. The van der Waals surface area contributed by atoms with Gasteiger partial charge < -0.3 is 14.8 Å². The second-order valence-corrected chi connectivity index (χ2v) is 7.78. The van der Waals surface area contributed by atoms with Crippen LogP contribution in [-0.2, 0) is 13.2 Å². The highest BCUT2D eigenvalue weighted by Crippen LogP contribution is 2.35. The summed E-state index contributed by atoms with van der Waals surface area (Å²) < 4.78 is 12.4. The van der Waals surface area contributed by atoms with Gasteiger partial charge in [0.2, 0.25) is 0 Å². The van der Waals surface area contributed by atoms with Crippen LogP contribution in [-0.4, -0.2) is 12.0 Å². The molecule has 6 nitrogen and oxygen atoms in total. The lowest BCUT2D eigenvalue weighted by Gasteiger charge is -2.15. The molecule has 0 amide bonds. The van der Waals surface area contributed by atoms with Crippen LogP contribution in [0.4, 0.5) is 11.4 Å². The predicted octanol–water partition coefficient (Wildman–Crippen LogP) is 6.05. The van der Waals surface area contributed by atoms with E-state index in [1.807, 2.05) is 36.4 Å². The largest absolute Gasteiger partial charge is 0.493 e. The molecule has 0 bridgehead atoms. The lowest BCUT2D eigenvalue weighted by Crippen LogP contribution is -2.03. The maximum absolute atomic E-state index is 10.7. The zero-order valence-electron chi connectivity index (χ0n) is 15.5. The Hall–Kier alpha value is -2.52. The molecule has 3 aromatic carbocycles. The van der Waals surface area contributed by atoms with Crippen LogP contribution in [0.3, 0.4) is 0 Å². The van der Waals surface area contributed by atoms with Crippen molar-refractivity contribution in [3.05, 3.63) is 90.5 Å². The van der Waals surface area contributed by atoms with Gasteiger partial charge >= 0.3 is 0 Å². The van der Waals surface area contributed by atoms with Crippen LogP contribution >= 0.6 is 34.2 Å². The molecule has 1 N–H and O–H groups in total. The molecule has 0 aromatic heterocycles. The smallest absolute Gasteiger partial charge is 0.269 e. The van der Waals surface area contributed by atoms with E-state index < -0.39 is 4.92 Å². The van der Waals surface area contributed by atoms with Gasteiger partial charge in [0.05, 0.1) is 15.6 Å². The molecule has 0 spiro atoms. The van der Waals surface area contributed by atoms with Crippen molar-refractivity contribution in [2.45, 2.75) is 13.2 Å². The van der Waals surface area contributed by atoms with Gasteiger partial charge in [0.1, 0.15) is 6.61 Å². The number of nitro benzene ring substituents is 1. The van der Waals surface area contributed by atoms with E-state index in [0.717, 1.165) is 20.4 Å². The number of halogens is 2. The monoisotopic (exact) mass is 524 g/mol. The number of nitro groups is 1. The molecule has 0 saturated heterocycles. The first-order valence-electron chi connectivity index (χ1n) is 8.68. The van der Waals surface area contributed by atoms with E-state index >= 15 is 0 Å². The van der Waals surface area contributed by atoms with Crippen LogP contribution in [0.5, 0.6) is 11.5 Å². The van der Waals surface area contributed by atoms with Crippen LogP contribution in [0.1, 0.15) is 11.1 Å². The van der Waals surface area contributed by atoms with E-state index in [1.165, 1.54) is 12.1 Å². The highest BCUT2D eigenvalue weighted by Gasteiger charge is 2.12. The Kier molecular flexibility index (Phi) is 7.16. The topological polar surface area (TPSA) is 73.6 Å². The molecule has 8 heteroatoms. The molecular formula is C21H18ClIN2O4. The summed E-state index contributed by atoms with van der Waals surface area (Å²) in [4.78, 5) is 10.3. The molecule has 0 aliphatic carbocycles. The Labute approximate surface area is 187 Å². The summed E-state index contributed by atoms with van der Waals surface area (Å²) in [5.41, 5.74) is 2.88. The number of nitrogens with zero attached hydrogens (tertiary/aromatic N) is 1. The third kappa shape index (κ3) is 5.74. The summed E-state index contributed by atoms with van der Waals surface area (Å²) in [6.45, 7) is 0.950. The van der Waals surface area contributed by atoms with E-state index in [-0.39, 0.29) is 5.69 Å². The summed E-state index contributed by atoms with van der Waals surface area (Å²) in [5, 5.41) is 14.7. The SMILES string of the molecule is COc1cc(CNc2ccc([N+](=O)[O-])cc2)cc(I)c1OCc1ccc(Cl)cc1. The fourth-order valence-electron chi connectivity index (χ4n) is 2.66. The second kappa shape index (κ2) is 9.80. The minimum atomic E-state index is -0.417. The molecule has 0 fully saturated rings. The minimum absolute atomic E-state index is 0.0638. The van der Waals surface area contributed by atoms with E-state index in [2.05, 4.69) is 27.9 Å². The first-order chi connectivity index (χ1) is 14.0. The van der Waals surface area contributed by atoms with Crippen molar-refractivity contribution in [2.24, 2.45) is 0 Å². The van der Waals surface area contributed by atoms with Gasteiger partial charge in [-0.25, -0.2) is 0 Å². The van der Waals surface area contributed by atoms with Crippen molar-refractivity contribution in [1.82, 2.24) is 0 Å². The normalized spacial score (nSPS) is 10.4. The average molecular weight is 525 g/mol. The number of benzene rings is 3. The van der Waals surface area contributed by atoms with Gasteiger partial charge in [-0.3, -0.25) is 10.1 Å². The number of methoxy groups -OCH3 is 1. The van der Waals surface area contributed by atoms with Crippen molar-refractivity contribution in [3.63, 3.8) is 0 Å². The number of rotatable bonds is 8. The van der Waals surface area contributed by atoms with E-state index in [1.54, 1.807) is 19.2 Å².